The zero-order valence-corrected chi connectivity index (χ0v) is 25.0. The molecule has 4 N–H and O–H groups in total. The zero-order valence-electron chi connectivity index (χ0n) is 23.3. The van der Waals surface area contributed by atoms with Gasteiger partial charge in [0.15, 0.2) is 11.7 Å². The quantitative estimate of drug-likeness (QED) is 0.152. The Hall–Kier alpha value is -3.27. The Morgan fingerprint density at radius 2 is 1.89 bits per heavy atom. The lowest BCUT2D eigenvalue weighted by molar-refractivity contribution is -0.193. The number of nitrogen functional groups attached to an aromatic ring is 1. The molecule has 4 rings (SSSR count). The first-order valence-corrected chi connectivity index (χ1v) is 14.9. The van der Waals surface area contributed by atoms with Gasteiger partial charge in [0, 0.05) is 6.20 Å². The van der Waals surface area contributed by atoms with Crippen molar-refractivity contribution in [3.8, 4) is 5.75 Å². The maximum absolute atomic E-state index is 15.3. The number of aliphatic hydroxyl groups is 1. The Morgan fingerprint density at radius 1 is 1.23 bits per heavy atom. The number of anilines is 1. The molecule has 240 valence electrons. The van der Waals surface area contributed by atoms with Gasteiger partial charge in [-0.3, -0.25) is 13.9 Å². The van der Waals surface area contributed by atoms with Crippen LogP contribution < -0.4 is 21.0 Å². The second-order valence-electron chi connectivity index (χ2n) is 10.2. The van der Waals surface area contributed by atoms with Crippen LogP contribution in [0.2, 0.25) is 5.02 Å². The highest BCUT2D eigenvalue weighted by atomic mass is 35.5. The van der Waals surface area contributed by atoms with Gasteiger partial charge in [-0.05, 0) is 43.7 Å². The van der Waals surface area contributed by atoms with E-state index in [1.165, 1.54) is 19.1 Å². The Balaban J connectivity index is 1.69. The maximum atomic E-state index is 15.3. The molecule has 0 spiro atoms. The van der Waals surface area contributed by atoms with Gasteiger partial charge in [0.1, 0.15) is 17.6 Å². The van der Waals surface area contributed by atoms with Crippen LogP contribution in [0, 0.1) is 0 Å². The summed E-state index contributed by atoms with van der Waals surface area (Å²) in [5, 5.41) is 13.6. The van der Waals surface area contributed by atoms with E-state index in [9.17, 15) is 28.0 Å². The lowest BCUT2D eigenvalue weighted by Gasteiger charge is -2.32. The number of halogens is 5. The van der Waals surface area contributed by atoms with Crippen molar-refractivity contribution in [2.45, 2.75) is 63.2 Å². The number of benzene rings is 2. The monoisotopic (exact) mass is 666 g/mol. The van der Waals surface area contributed by atoms with Gasteiger partial charge in [0.2, 0.25) is 6.23 Å². The number of carbonyl (C=O) groups is 1. The van der Waals surface area contributed by atoms with E-state index in [4.69, 9.17) is 35.9 Å². The number of esters is 1. The van der Waals surface area contributed by atoms with Crippen LogP contribution in [-0.4, -0.2) is 63.4 Å². The predicted molar refractivity (Wildman–Crippen MR) is 150 cm³/mol. The average Bonchev–Trinajstić information content (AvgIpc) is 3.15. The number of nitrogens with zero attached hydrogens (tertiary/aromatic N) is 2. The summed E-state index contributed by atoms with van der Waals surface area (Å²) in [4.78, 5) is 28.0. The van der Waals surface area contributed by atoms with Crippen molar-refractivity contribution in [2.24, 2.45) is 0 Å². The van der Waals surface area contributed by atoms with Crippen LogP contribution in [0.4, 0.5) is 23.4 Å². The second-order valence-corrected chi connectivity index (χ2v) is 12.3. The van der Waals surface area contributed by atoms with Crippen molar-refractivity contribution in [2.75, 3.05) is 12.3 Å². The van der Waals surface area contributed by atoms with Gasteiger partial charge in [-0.2, -0.15) is 18.9 Å². The first-order valence-electron chi connectivity index (χ1n) is 13.0. The van der Waals surface area contributed by atoms with Crippen LogP contribution in [0.1, 0.15) is 27.0 Å². The fourth-order valence-corrected chi connectivity index (χ4v) is 5.96. The third kappa shape index (κ3) is 6.70. The number of aromatic nitrogens is 2. The number of nitrogens with two attached hydrogens (primary N) is 1. The molecule has 0 saturated carbocycles. The molecule has 1 fully saturated rings. The highest BCUT2D eigenvalue weighted by Gasteiger charge is 2.71. The second kappa shape index (κ2) is 12.6. The van der Waals surface area contributed by atoms with Gasteiger partial charge in [-0.15, -0.1) is 0 Å². The number of aliphatic hydroxyl groups excluding tert-OH is 1. The molecule has 2 heterocycles. The largest absolute Gasteiger partial charge is 0.462 e. The minimum absolute atomic E-state index is 0.0828. The SMILES string of the molecule is CC(C)OC(=O)[C@H](C)NP(=O)(OC[C@@]1(C(F)F)O[C@@H](n2cc(Cl)c(N)nc2=O)C(F)(F)[C@@H]1O)Oc1ccc2ccccc2c1. The van der Waals surface area contributed by atoms with Crippen LogP contribution >= 0.6 is 19.3 Å². The van der Waals surface area contributed by atoms with E-state index in [-0.39, 0.29) is 10.3 Å². The summed E-state index contributed by atoms with van der Waals surface area (Å²) in [6.07, 6.45) is -10.1. The van der Waals surface area contributed by atoms with E-state index < -0.39 is 79.3 Å². The van der Waals surface area contributed by atoms with Crippen molar-refractivity contribution >= 4 is 41.9 Å². The topological polar surface area (TPSA) is 164 Å². The molecule has 0 bridgehead atoms. The molecule has 1 unspecified atom stereocenters. The summed E-state index contributed by atoms with van der Waals surface area (Å²) in [5.74, 6) is -6.12. The van der Waals surface area contributed by atoms with Gasteiger partial charge in [-0.25, -0.2) is 18.1 Å². The molecule has 1 aliphatic rings. The summed E-state index contributed by atoms with van der Waals surface area (Å²) in [7, 11) is -4.93. The summed E-state index contributed by atoms with van der Waals surface area (Å²) in [6, 6.07) is 9.92. The first kappa shape index (κ1) is 33.6. The number of nitrogens with one attached hydrogen (secondary N) is 1. The maximum Gasteiger partial charge on any atom is 0.459 e. The lowest BCUT2D eigenvalue weighted by atomic mass is 9.96. The fraction of sp³-hybridized carbons (Fsp3) is 0.423. The number of fused-ring (bicyclic) bond motifs is 1. The smallest absolute Gasteiger partial charge is 0.459 e. The molecular formula is C26H28ClF4N4O8P. The van der Waals surface area contributed by atoms with Gasteiger partial charge in [0.05, 0.1) is 17.7 Å². The standard InChI is InChI=1S/C26H28ClF4N4O8P/c1-13(2)41-20(36)14(3)34-44(39,43-17-9-8-15-6-4-5-7-16(15)10-17)40-12-25(22(28)29)21(37)26(30,31)23(42-25)35-11-18(27)19(32)33-24(35)38/h4-11,13-14,21-23,37H,12H2,1-3H3,(H,34,39)(H2,32,33,38)/t14-,21+,23+,25+,44?/m0/s1. The van der Waals surface area contributed by atoms with Crippen LogP contribution in [0.15, 0.2) is 53.5 Å². The zero-order chi connectivity index (χ0) is 32.6. The summed E-state index contributed by atoms with van der Waals surface area (Å²) >= 11 is 5.78. The van der Waals surface area contributed by atoms with Gasteiger partial charge >= 0.3 is 25.3 Å². The summed E-state index contributed by atoms with van der Waals surface area (Å²) in [5.41, 5.74) is 0.381. The molecule has 2 aromatic carbocycles. The fourth-order valence-electron chi connectivity index (χ4n) is 4.29. The van der Waals surface area contributed by atoms with Crippen molar-refractivity contribution in [1.29, 1.82) is 0 Å². The number of hydrogen-bond donors (Lipinski definition) is 3. The average molecular weight is 667 g/mol. The number of carbonyl (C=O) groups excluding carboxylic acids is 1. The number of hydrogen-bond acceptors (Lipinski definition) is 10. The number of alkyl halides is 4. The molecule has 18 heteroatoms. The van der Waals surface area contributed by atoms with Crippen molar-refractivity contribution in [3.05, 3.63) is 64.2 Å². The number of rotatable bonds is 11. The van der Waals surface area contributed by atoms with E-state index in [0.29, 0.717) is 11.6 Å². The summed E-state index contributed by atoms with van der Waals surface area (Å²) in [6.45, 7) is 2.63. The van der Waals surface area contributed by atoms with E-state index in [1.54, 1.807) is 44.2 Å². The van der Waals surface area contributed by atoms with E-state index in [0.717, 1.165) is 5.39 Å². The van der Waals surface area contributed by atoms with Crippen molar-refractivity contribution in [1.82, 2.24) is 14.6 Å². The molecule has 0 radical (unpaired) electrons. The summed E-state index contributed by atoms with van der Waals surface area (Å²) < 4.78 is 94.5. The third-order valence-electron chi connectivity index (χ3n) is 6.51. The third-order valence-corrected chi connectivity index (χ3v) is 8.42. The van der Waals surface area contributed by atoms with Crippen molar-refractivity contribution in [3.63, 3.8) is 0 Å². The van der Waals surface area contributed by atoms with Gasteiger partial charge < -0.3 is 24.8 Å². The van der Waals surface area contributed by atoms with Crippen LogP contribution in [0.25, 0.3) is 10.8 Å². The molecule has 44 heavy (non-hydrogen) atoms. The Bertz CT molecular complexity index is 1650. The molecule has 5 atom stereocenters. The molecule has 1 aliphatic heterocycles. The van der Waals surface area contributed by atoms with Gasteiger partial charge in [-0.1, -0.05) is 41.9 Å². The molecule has 1 aromatic heterocycles. The first-order chi connectivity index (χ1) is 20.5. The molecule has 1 saturated heterocycles. The Morgan fingerprint density at radius 3 is 2.52 bits per heavy atom. The lowest BCUT2D eigenvalue weighted by Crippen LogP contribution is -2.54. The van der Waals surface area contributed by atoms with Crippen molar-refractivity contribution < 1.29 is 50.5 Å². The molecule has 3 aromatic rings. The minimum Gasteiger partial charge on any atom is -0.462 e. The van der Waals surface area contributed by atoms with Gasteiger partial charge in [0.25, 0.3) is 6.43 Å². The highest BCUT2D eigenvalue weighted by Crippen LogP contribution is 2.53. The van der Waals surface area contributed by atoms with Crippen LogP contribution in [0.3, 0.4) is 0 Å². The normalized spacial score (nSPS) is 23.5. The molecule has 12 nitrogen and oxygen atoms in total. The molecular weight excluding hydrogens is 639 g/mol. The Kier molecular flexibility index (Phi) is 9.64. The Labute approximate surface area is 252 Å². The minimum atomic E-state index is -4.93. The van der Waals surface area contributed by atoms with Crippen LogP contribution in [-0.2, 0) is 23.4 Å². The predicted octanol–water partition coefficient (Wildman–Crippen LogP) is 4.29. The van der Waals surface area contributed by atoms with E-state index in [2.05, 4.69) is 10.1 Å². The number of ether oxygens (including phenoxy) is 2. The molecule has 0 amide bonds. The van der Waals surface area contributed by atoms with Crippen LogP contribution in [0.5, 0.6) is 5.75 Å². The molecule has 0 aliphatic carbocycles. The van der Waals surface area contributed by atoms with E-state index in [1.807, 2.05) is 0 Å². The van der Waals surface area contributed by atoms with E-state index >= 15 is 8.78 Å². The highest BCUT2D eigenvalue weighted by molar-refractivity contribution is 7.52.